The van der Waals surface area contributed by atoms with Crippen LogP contribution in [0.4, 0.5) is 5.69 Å². The van der Waals surface area contributed by atoms with E-state index < -0.39 is 10.5 Å². The summed E-state index contributed by atoms with van der Waals surface area (Å²) in [5, 5.41) is 21.1. The Hall–Kier alpha value is -3.93. The van der Waals surface area contributed by atoms with Crippen LogP contribution in [-0.4, -0.2) is 42.0 Å². The molecule has 1 amide bonds. The molecule has 0 aliphatic heterocycles. The molecule has 0 N–H and O–H groups in total. The lowest BCUT2D eigenvalue weighted by atomic mass is 10.2. The van der Waals surface area contributed by atoms with Gasteiger partial charge in [-0.05, 0) is 23.9 Å². The molecule has 4 rings (SSSR count). The van der Waals surface area contributed by atoms with Crippen molar-refractivity contribution >= 4 is 33.8 Å². The third-order valence-electron chi connectivity index (χ3n) is 4.70. The normalized spacial score (nSPS) is 11.0. The van der Waals surface area contributed by atoms with Gasteiger partial charge in [-0.3, -0.25) is 24.3 Å². The Morgan fingerprint density at radius 2 is 2.16 bits per heavy atom. The molecule has 11 nitrogen and oxygen atoms in total. The number of fused-ring (bicyclic) bond motifs is 1. The summed E-state index contributed by atoms with van der Waals surface area (Å²) < 4.78 is 6.86. The van der Waals surface area contributed by atoms with E-state index in [1.165, 1.54) is 45.3 Å². The SMILES string of the molecule is CCCN(Cc1nnc(-c2cccs2)o1)C(=O)Cn1cnc2cc([N+](=O)[O-])ccc2c1=O. The average Bonchev–Trinajstić information content (AvgIpc) is 3.47. The van der Waals surface area contributed by atoms with Gasteiger partial charge >= 0.3 is 0 Å². The summed E-state index contributed by atoms with van der Waals surface area (Å²) in [5.74, 6) is 0.377. The zero-order chi connectivity index (χ0) is 22.7. The Labute approximate surface area is 185 Å². The second-order valence-corrected chi connectivity index (χ2v) is 7.88. The Morgan fingerprint density at radius 3 is 2.88 bits per heavy atom. The zero-order valence-corrected chi connectivity index (χ0v) is 17.8. The molecule has 0 saturated heterocycles. The maximum Gasteiger partial charge on any atom is 0.271 e. The third kappa shape index (κ3) is 4.39. The lowest BCUT2D eigenvalue weighted by Gasteiger charge is -2.20. The van der Waals surface area contributed by atoms with Gasteiger partial charge in [0, 0.05) is 18.7 Å². The molecule has 0 aliphatic rings. The monoisotopic (exact) mass is 454 g/mol. The summed E-state index contributed by atoms with van der Waals surface area (Å²) in [6.07, 6.45) is 1.92. The Balaban J connectivity index is 1.53. The number of rotatable bonds is 8. The summed E-state index contributed by atoms with van der Waals surface area (Å²) in [7, 11) is 0. The van der Waals surface area contributed by atoms with Crippen LogP contribution in [0.2, 0.25) is 0 Å². The lowest BCUT2D eigenvalue weighted by molar-refractivity contribution is -0.384. The predicted molar refractivity (Wildman–Crippen MR) is 116 cm³/mol. The van der Waals surface area contributed by atoms with Gasteiger partial charge < -0.3 is 9.32 Å². The van der Waals surface area contributed by atoms with Crippen LogP contribution in [0, 0.1) is 10.1 Å². The van der Waals surface area contributed by atoms with Gasteiger partial charge in [0.1, 0.15) is 6.54 Å². The van der Waals surface area contributed by atoms with E-state index in [1.54, 1.807) is 0 Å². The first-order valence-electron chi connectivity index (χ1n) is 9.74. The minimum absolute atomic E-state index is 0.118. The molecule has 0 bridgehead atoms. The van der Waals surface area contributed by atoms with Gasteiger partial charge in [-0.25, -0.2) is 4.98 Å². The van der Waals surface area contributed by atoms with E-state index in [0.717, 1.165) is 4.88 Å². The summed E-state index contributed by atoms with van der Waals surface area (Å²) in [5.41, 5.74) is -0.411. The molecule has 1 aromatic carbocycles. The van der Waals surface area contributed by atoms with Gasteiger partial charge in [0.25, 0.3) is 17.1 Å². The van der Waals surface area contributed by atoms with Crippen molar-refractivity contribution in [2.45, 2.75) is 26.4 Å². The summed E-state index contributed by atoms with van der Waals surface area (Å²) in [6.45, 7) is 2.26. The van der Waals surface area contributed by atoms with Gasteiger partial charge in [-0.2, -0.15) is 0 Å². The maximum atomic E-state index is 12.9. The Kier molecular flexibility index (Phi) is 6.03. The number of hydrogen-bond donors (Lipinski definition) is 0. The van der Waals surface area contributed by atoms with Crippen LogP contribution in [0.1, 0.15) is 19.2 Å². The van der Waals surface area contributed by atoms with Crippen molar-refractivity contribution in [1.29, 1.82) is 0 Å². The first-order valence-corrected chi connectivity index (χ1v) is 10.6. The van der Waals surface area contributed by atoms with Crippen LogP contribution >= 0.6 is 11.3 Å². The number of nitro benzene ring substituents is 1. The zero-order valence-electron chi connectivity index (χ0n) is 17.0. The number of hydrogen-bond acceptors (Lipinski definition) is 9. The smallest absolute Gasteiger partial charge is 0.271 e. The number of non-ortho nitro benzene ring substituents is 1. The Morgan fingerprint density at radius 1 is 1.31 bits per heavy atom. The minimum Gasteiger partial charge on any atom is -0.418 e. The van der Waals surface area contributed by atoms with Crippen molar-refractivity contribution in [1.82, 2.24) is 24.6 Å². The first kappa shape index (κ1) is 21.3. The van der Waals surface area contributed by atoms with Crippen molar-refractivity contribution in [3.8, 4) is 10.8 Å². The second-order valence-electron chi connectivity index (χ2n) is 6.93. The van der Waals surface area contributed by atoms with Crippen LogP contribution in [0.15, 0.2) is 51.3 Å². The highest BCUT2D eigenvalue weighted by molar-refractivity contribution is 7.13. The standard InChI is InChI=1S/C20H18N6O5S/c1-2-7-24(10-17-22-23-19(31-17)16-4-3-8-32-16)18(27)11-25-12-21-15-9-13(26(29)30)5-6-14(15)20(25)28/h3-6,8-9,12H,2,7,10-11H2,1H3. The van der Waals surface area contributed by atoms with Crippen LogP contribution in [0.3, 0.4) is 0 Å². The molecule has 3 aromatic heterocycles. The fraction of sp³-hybridized carbons (Fsp3) is 0.250. The minimum atomic E-state index is -0.555. The van der Waals surface area contributed by atoms with E-state index in [1.807, 2.05) is 24.4 Å². The average molecular weight is 454 g/mol. The summed E-state index contributed by atoms with van der Waals surface area (Å²) in [6, 6.07) is 7.56. The molecular weight excluding hydrogens is 436 g/mol. The Bertz CT molecular complexity index is 1330. The highest BCUT2D eigenvalue weighted by atomic mass is 32.1. The second kappa shape index (κ2) is 9.06. The molecule has 0 fully saturated rings. The molecule has 164 valence electrons. The number of benzene rings is 1. The van der Waals surface area contributed by atoms with Crippen LogP contribution in [-0.2, 0) is 17.9 Å². The lowest BCUT2D eigenvalue weighted by Crippen LogP contribution is -2.36. The molecule has 12 heteroatoms. The molecular formula is C20H18N6O5S. The van der Waals surface area contributed by atoms with E-state index in [-0.39, 0.29) is 35.6 Å². The van der Waals surface area contributed by atoms with Crippen molar-refractivity contribution < 1.29 is 14.1 Å². The van der Waals surface area contributed by atoms with Crippen molar-refractivity contribution in [3.63, 3.8) is 0 Å². The number of aromatic nitrogens is 4. The number of nitrogens with zero attached hydrogens (tertiary/aromatic N) is 6. The topological polar surface area (TPSA) is 137 Å². The van der Waals surface area contributed by atoms with E-state index in [4.69, 9.17) is 4.42 Å². The van der Waals surface area contributed by atoms with Crippen molar-refractivity contribution in [3.05, 3.63) is 68.4 Å². The van der Waals surface area contributed by atoms with Crippen LogP contribution < -0.4 is 5.56 Å². The fourth-order valence-electron chi connectivity index (χ4n) is 3.16. The van der Waals surface area contributed by atoms with Crippen LogP contribution in [0.25, 0.3) is 21.7 Å². The molecule has 0 radical (unpaired) electrons. The number of amides is 1. The van der Waals surface area contributed by atoms with Gasteiger partial charge in [-0.15, -0.1) is 21.5 Å². The fourth-order valence-corrected chi connectivity index (χ4v) is 3.81. The highest BCUT2D eigenvalue weighted by Gasteiger charge is 2.19. The number of nitro groups is 1. The van der Waals surface area contributed by atoms with E-state index in [9.17, 15) is 19.7 Å². The van der Waals surface area contributed by atoms with Gasteiger partial charge in [-0.1, -0.05) is 13.0 Å². The molecule has 0 unspecified atom stereocenters. The summed E-state index contributed by atoms with van der Waals surface area (Å²) >= 11 is 1.47. The molecule has 0 saturated carbocycles. The van der Waals surface area contributed by atoms with Gasteiger partial charge in [0.05, 0.1) is 33.6 Å². The van der Waals surface area contributed by atoms with Gasteiger partial charge in [0.2, 0.25) is 11.8 Å². The van der Waals surface area contributed by atoms with E-state index >= 15 is 0 Å². The summed E-state index contributed by atoms with van der Waals surface area (Å²) in [4.78, 5) is 42.6. The van der Waals surface area contributed by atoms with Gasteiger partial charge in [0.15, 0.2) is 0 Å². The van der Waals surface area contributed by atoms with Crippen molar-refractivity contribution in [2.24, 2.45) is 0 Å². The third-order valence-corrected chi connectivity index (χ3v) is 5.55. The van der Waals surface area contributed by atoms with E-state index in [2.05, 4.69) is 15.2 Å². The maximum absolute atomic E-state index is 12.9. The number of carbonyl (C=O) groups is 1. The van der Waals surface area contributed by atoms with E-state index in [0.29, 0.717) is 24.7 Å². The molecule has 0 spiro atoms. The first-order chi connectivity index (χ1) is 15.5. The van der Waals surface area contributed by atoms with Crippen molar-refractivity contribution in [2.75, 3.05) is 6.54 Å². The molecule has 4 aromatic rings. The number of thiophene rings is 1. The molecule has 0 aliphatic carbocycles. The highest BCUT2D eigenvalue weighted by Crippen LogP contribution is 2.23. The molecule has 32 heavy (non-hydrogen) atoms. The predicted octanol–water partition coefficient (Wildman–Crippen LogP) is 2.86. The number of carbonyl (C=O) groups excluding carboxylic acids is 1. The molecule has 3 heterocycles. The largest absolute Gasteiger partial charge is 0.418 e. The molecule has 0 atom stereocenters. The quantitative estimate of drug-likeness (QED) is 0.293. The van der Waals surface area contributed by atoms with Crippen LogP contribution in [0.5, 0.6) is 0 Å².